The first-order valence-electron chi connectivity index (χ1n) is 9.21. The molecule has 1 fully saturated rings. The van der Waals surface area contributed by atoms with Crippen molar-refractivity contribution < 1.29 is 0 Å². The van der Waals surface area contributed by atoms with E-state index < -0.39 is 0 Å². The summed E-state index contributed by atoms with van der Waals surface area (Å²) in [4.78, 5) is 13.5. The molecule has 0 saturated carbocycles. The molecule has 0 aromatic carbocycles. The van der Waals surface area contributed by atoms with Crippen molar-refractivity contribution in [2.75, 3.05) is 23.3 Å². The Bertz CT molecular complexity index is 769. The van der Waals surface area contributed by atoms with Crippen LogP contribution in [-0.2, 0) is 12.8 Å². The average Bonchev–Trinajstić information content (AvgIpc) is 2.67. The molecule has 0 amide bonds. The summed E-state index contributed by atoms with van der Waals surface area (Å²) in [6.07, 6.45) is 8.08. The fraction of sp³-hybridized carbons (Fsp3) is 0.556. The molecule has 3 heterocycles. The predicted octanol–water partition coefficient (Wildman–Crippen LogP) is 1.91. The predicted molar refractivity (Wildman–Crippen MR) is 97.0 cm³/mol. The highest BCUT2D eigenvalue weighted by atomic mass is 16.1. The third-order valence-electron chi connectivity index (χ3n) is 5.17. The first kappa shape index (κ1) is 16.1. The molecule has 0 radical (unpaired) electrons. The molecule has 1 aliphatic heterocycles. The molecule has 1 saturated heterocycles. The summed E-state index contributed by atoms with van der Waals surface area (Å²) in [6, 6.07) is 5.84. The molecule has 4 rings (SSSR count). The molecule has 2 aromatic heterocycles. The van der Waals surface area contributed by atoms with Gasteiger partial charge in [-0.05, 0) is 62.6 Å². The van der Waals surface area contributed by atoms with E-state index in [1.165, 1.54) is 30.9 Å². The van der Waals surface area contributed by atoms with Crippen LogP contribution in [0, 0.1) is 0 Å². The van der Waals surface area contributed by atoms with Crippen LogP contribution in [0.4, 0.5) is 11.6 Å². The standard InChI is InChI=1S/C18H24N6O/c25-18-9-8-17(22-23-18)24-10-4-3-6-14(24)12-19-16-11-13-5-1-2-7-15(13)20-21-16/h8-9,11,14H,1-7,10,12H2,(H,19,21)(H,23,25). The van der Waals surface area contributed by atoms with E-state index in [9.17, 15) is 4.79 Å². The van der Waals surface area contributed by atoms with Crippen LogP contribution in [0.3, 0.4) is 0 Å². The van der Waals surface area contributed by atoms with Gasteiger partial charge in [-0.25, -0.2) is 5.10 Å². The molecule has 0 bridgehead atoms. The minimum absolute atomic E-state index is 0.167. The molecular formula is C18H24N6O. The maximum Gasteiger partial charge on any atom is 0.264 e. The maximum absolute atomic E-state index is 11.2. The maximum atomic E-state index is 11.2. The van der Waals surface area contributed by atoms with Crippen LogP contribution in [0.5, 0.6) is 0 Å². The van der Waals surface area contributed by atoms with Gasteiger partial charge in [0.15, 0.2) is 0 Å². The SMILES string of the molecule is O=c1ccc(N2CCCCC2CNc2cc3c(nn2)CCCC3)n[nH]1. The van der Waals surface area contributed by atoms with Crippen molar-refractivity contribution in [2.24, 2.45) is 0 Å². The third kappa shape index (κ3) is 3.65. The summed E-state index contributed by atoms with van der Waals surface area (Å²) < 4.78 is 0. The van der Waals surface area contributed by atoms with E-state index >= 15 is 0 Å². The minimum atomic E-state index is -0.167. The number of aromatic amines is 1. The second-order valence-corrected chi connectivity index (χ2v) is 6.91. The smallest absolute Gasteiger partial charge is 0.264 e. The molecule has 2 aliphatic rings. The lowest BCUT2D eigenvalue weighted by atomic mass is 9.97. The molecular weight excluding hydrogens is 316 g/mol. The van der Waals surface area contributed by atoms with Gasteiger partial charge >= 0.3 is 0 Å². The Morgan fingerprint density at radius 3 is 2.96 bits per heavy atom. The normalized spacial score (nSPS) is 20.2. The highest BCUT2D eigenvalue weighted by molar-refractivity contribution is 5.42. The monoisotopic (exact) mass is 340 g/mol. The van der Waals surface area contributed by atoms with E-state index in [4.69, 9.17) is 0 Å². The number of nitrogens with zero attached hydrogens (tertiary/aromatic N) is 4. The van der Waals surface area contributed by atoms with Crippen LogP contribution in [0.15, 0.2) is 23.0 Å². The number of hydrogen-bond acceptors (Lipinski definition) is 6. The zero-order chi connectivity index (χ0) is 17.1. The van der Waals surface area contributed by atoms with Crippen LogP contribution in [0.1, 0.15) is 43.4 Å². The van der Waals surface area contributed by atoms with Gasteiger partial charge in [0.05, 0.1) is 5.69 Å². The minimum Gasteiger partial charge on any atom is -0.367 e. The Morgan fingerprint density at radius 2 is 2.08 bits per heavy atom. The number of rotatable bonds is 4. The van der Waals surface area contributed by atoms with E-state index in [0.29, 0.717) is 6.04 Å². The van der Waals surface area contributed by atoms with E-state index in [0.717, 1.165) is 56.1 Å². The molecule has 1 atom stereocenters. The van der Waals surface area contributed by atoms with E-state index in [1.807, 2.05) is 0 Å². The number of aryl methyl sites for hydroxylation is 2. The van der Waals surface area contributed by atoms with E-state index in [-0.39, 0.29) is 5.56 Å². The van der Waals surface area contributed by atoms with Gasteiger partial charge in [0, 0.05) is 25.2 Å². The summed E-state index contributed by atoms with van der Waals surface area (Å²) in [5.41, 5.74) is 2.33. The van der Waals surface area contributed by atoms with Crippen molar-refractivity contribution in [1.29, 1.82) is 0 Å². The number of hydrogen-bond donors (Lipinski definition) is 2. The Balaban J connectivity index is 1.45. The first-order valence-corrected chi connectivity index (χ1v) is 9.21. The summed E-state index contributed by atoms with van der Waals surface area (Å²) in [6.45, 7) is 1.76. The van der Waals surface area contributed by atoms with Crippen LogP contribution in [0.25, 0.3) is 0 Å². The Labute approximate surface area is 146 Å². The van der Waals surface area contributed by atoms with Crippen LogP contribution in [-0.4, -0.2) is 39.5 Å². The zero-order valence-corrected chi connectivity index (χ0v) is 14.4. The Hall–Kier alpha value is -2.44. The number of nitrogens with one attached hydrogen (secondary N) is 2. The number of H-pyrrole nitrogens is 1. The number of piperidine rings is 1. The van der Waals surface area contributed by atoms with Gasteiger partial charge in [-0.1, -0.05) is 0 Å². The van der Waals surface area contributed by atoms with Gasteiger partial charge in [0.2, 0.25) is 0 Å². The van der Waals surface area contributed by atoms with Gasteiger partial charge in [-0.2, -0.15) is 10.2 Å². The molecule has 7 nitrogen and oxygen atoms in total. The number of anilines is 2. The molecule has 25 heavy (non-hydrogen) atoms. The Kier molecular flexibility index (Phi) is 4.63. The lowest BCUT2D eigenvalue weighted by molar-refractivity contribution is 0.467. The largest absolute Gasteiger partial charge is 0.367 e. The van der Waals surface area contributed by atoms with Gasteiger partial charge in [-0.3, -0.25) is 4.79 Å². The average molecular weight is 340 g/mol. The molecule has 7 heteroatoms. The molecule has 132 valence electrons. The summed E-state index contributed by atoms with van der Waals surface area (Å²) in [7, 11) is 0. The first-order chi connectivity index (χ1) is 12.3. The van der Waals surface area contributed by atoms with Crippen LogP contribution >= 0.6 is 0 Å². The summed E-state index contributed by atoms with van der Waals surface area (Å²) in [5, 5.41) is 18.9. The fourth-order valence-corrected chi connectivity index (χ4v) is 3.81. The van der Waals surface area contributed by atoms with Crippen molar-refractivity contribution in [3.05, 3.63) is 39.8 Å². The van der Waals surface area contributed by atoms with E-state index in [2.05, 4.69) is 36.7 Å². The second kappa shape index (κ2) is 7.21. The lowest BCUT2D eigenvalue weighted by Gasteiger charge is -2.36. The van der Waals surface area contributed by atoms with Crippen molar-refractivity contribution in [3.8, 4) is 0 Å². The molecule has 0 spiro atoms. The van der Waals surface area contributed by atoms with Gasteiger partial charge in [0.25, 0.3) is 5.56 Å². The van der Waals surface area contributed by atoms with Crippen molar-refractivity contribution in [3.63, 3.8) is 0 Å². The quantitative estimate of drug-likeness (QED) is 0.884. The lowest BCUT2D eigenvalue weighted by Crippen LogP contribution is -2.44. The van der Waals surface area contributed by atoms with Crippen LogP contribution < -0.4 is 15.8 Å². The van der Waals surface area contributed by atoms with Gasteiger partial charge < -0.3 is 10.2 Å². The summed E-state index contributed by atoms with van der Waals surface area (Å²) >= 11 is 0. The van der Waals surface area contributed by atoms with Crippen LogP contribution in [0.2, 0.25) is 0 Å². The van der Waals surface area contributed by atoms with Gasteiger partial charge in [0.1, 0.15) is 11.6 Å². The third-order valence-corrected chi connectivity index (χ3v) is 5.17. The van der Waals surface area contributed by atoms with Crippen molar-refractivity contribution in [1.82, 2.24) is 20.4 Å². The topological polar surface area (TPSA) is 86.8 Å². The molecule has 2 aromatic rings. The summed E-state index contributed by atoms with van der Waals surface area (Å²) in [5.74, 6) is 1.70. The van der Waals surface area contributed by atoms with Crippen molar-refractivity contribution in [2.45, 2.75) is 51.0 Å². The molecule has 1 aliphatic carbocycles. The second-order valence-electron chi connectivity index (χ2n) is 6.91. The highest BCUT2D eigenvalue weighted by Gasteiger charge is 2.24. The molecule has 2 N–H and O–H groups in total. The van der Waals surface area contributed by atoms with Gasteiger partial charge in [-0.15, -0.1) is 5.10 Å². The van der Waals surface area contributed by atoms with E-state index in [1.54, 1.807) is 6.07 Å². The zero-order valence-electron chi connectivity index (χ0n) is 14.4. The fourth-order valence-electron chi connectivity index (χ4n) is 3.81. The number of fused-ring (bicyclic) bond motifs is 1. The van der Waals surface area contributed by atoms with Crippen molar-refractivity contribution >= 4 is 11.6 Å². The molecule has 1 unspecified atom stereocenters. The number of aromatic nitrogens is 4. The Morgan fingerprint density at radius 1 is 1.16 bits per heavy atom. The highest BCUT2D eigenvalue weighted by Crippen LogP contribution is 2.24.